The van der Waals surface area contributed by atoms with Crippen LogP contribution in [0.3, 0.4) is 0 Å². The van der Waals surface area contributed by atoms with Crippen molar-refractivity contribution in [2.24, 2.45) is 5.92 Å². The van der Waals surface area contributed by atoms with Gasteiger partial charge in [0, 0.05) is 5.69 Å². The number of halogens is 2. The van der Waals surface area contributed by atoms with E-state index in [2.05, 4.69) is 21.2 Å². The van der Waals surface area contributed by atoms with Crippen LogP contribution in [0.1, 0.15) is 24.2 Å². The third-order valence-electron chi connectivity index (χ3n) is 2.30. The van der Waals surface area contributed by atoms with E-state index in [1.807, 2.05) is 13.8 Å². The Morgan fingerprint density at radius 3 is 2.50 bits per heavy atom. The molecule has 1 unspecified atom stereocenters. The molecule has 0 heterocycles. The van der Waals surface area contributed by atoms with E-state index in [0.29, 0.717) is 0 Å². The molecule has 0 fully saturated rings. The fraction of sp³-hybridized carbons (Fsp3) is 0.333. The van der Waals surface area contributed by atoms with Crippen LogP contribution in [0.2, 0.25) is 0 Å². The summed E-state index contributed by atoms with van der Waals surface area (Å²) in [5.74, 6) is -2.42. The monoisotopic (exact) mass is 317 g/mol. The van der Waals surface area contributed by atoms with Gasteiger partial charge in [0.15, 0.2) is 0 Å². The smallest absolute Gasteiger partial charge is 0.338 e. The van der Waals surface area contributed by atoms with Gasteiger partial charge in [-0.3, -0.25) is 4.79 Å². The van der Waals surface area contributed by atoms with Gasteiger partial charge in [-0.2, -0.15) is 0 Å². The molecule has 18 heavy (non-hydrogen) atoms. The Labute approximate surface area is 112 Å². The van der Waals surface area contributed by atoms with E-state index in [1.54, 1.807) is 0 Å². The Morgan fingerprint density at radius 2 is 2.00 bits per heavy atom. The number of anilines is 1. The molecule has 0 aliphatic rings. The number of benzene rings is 1. The number of nitrogens with one attached hydrogen (secondary N) is 1. The molecule has 0 spiro atoms. The minimum atomic E-state index is -1.37. The summed E-state index contributed by atoms with van der Waals surface area (Å²) < 4.78 is 13.1. The number of rotatable bonds is 4. The van der Waals surface area contributed by atoms with E-state index in [-0.39, 0.29) is 17.5 Å². The van der Waals surface area contributed by atoms with Gasteiger partial charge in [0.1, 0.15) is 5.82 Å². The first-order valence-corrected chi connectivity index (χ1v) is 6.22. The van der Waals surface area contributed by atoms with E-state index in [0.717, 1.165) is 12.1 Å². The highest BCUT2D eigenvalue weighted by Crippen LogP contribution is 2.18. The van der Waals surface area contributed by atoms with E-state index in [4.69, 9.17) is 5.11 Å². The summed E-state index contributed by atoms with van der Waals surface area (Å²) >= 11 is 3.22. The molecule has 0 bridgehead atoms. The molecule has 98 valence electrons. The zero-order valence-electron chi connectivity index (χ0n) is 9.91. The summed E-state index contributed by atoms with van der Waals surface area (Å²) in [5, 5.41) is 11.3. The predicted molar refractivity (Wildman–Crippen MR) is 69.5 cm³/mol. The topological polar surface area (TPSA) is 66.4 Å². The van der Waals surface area contributed by atoms with Crippen LogP contribution in [0.5, 0.6) is 0 Å². The van der Waals surface area contributed by atoms with Crippen molar-refractivity contribution in [3.05, 3.63) is 29.6 Å². The predicted octanol–water partition coefficient (Wildman–Crippen LogP) is 2.88. The van der Waals surface area contributed by atoms with Crippen LogP contribution in [0.25, 0.3) is 0 Å². The summed E-state index contributed by atoms with van der Waals surface area (Å²) in [5.41, 5.74) is -0.215. The first-order chi connectivity index (χ1) is 8.32. The highest BCUT2D eigenvalue weighted by Gasteiger charge is 2.19. The molecule has 0 radical (unpaired) electrons. The molecule has 0 aliphatic heterocycles. The minimum Gasteiger partial charge on any atom is -0.478 e. The van der Waals surface area contributed by atoms with Gasteiger partial charge in [-0.15, -0.1) is 0 Å². The van der Waals surface area contributed by atoms with E-state index in [9.17, 15) is 14.0 Å². The minimum absolute atomic E-state index is 0.0874. The molecule has 0 aromatic heterocycles. The quantitative estimate of drug-likeness (QED) is 0.839. The molecule has 1 atom stereocenters. The first-order valence-electron chi connectivity index (χ1n) is 5.30. The van der Waals surface area contributed by atoms with Gasteiger partial charge in [-0.05, 0) is 24.1 Å². The fourth-order valence-corrected chi connectivity index (χ4v) is 1.40. The molecule has 4 nitrogen and oxygen atoms in total. The van der Waals surface area contributed by atoms with Crippen molar-refractivity contribution in [2.75, 3.05) is 5.32 Å². The third-order valence-corrected chi connectivity index (χ3v) is 3.77. The number of carboxylic acids is 1. The Kier molecular flexibility index (Phi) is 4.84. The standard InChI is InChI=1S/C12H13BrFNO3/c1-6(2)10(13)11(16)15-7-3-4-9(14)8(5-7)12(17)18/h3-6,10H,1-2H3,(H,15,16)(H,17,18). The second kappa shape index (κ2) is 5.95. The molecule has 0 saturated heterocycles. The largest absolute Gasteiger partial charge is 0.478 e. The third kappa shape index (κ3) is 3.53. The van der Waals surface area contributed by atoms with Crippen LogP contribution < -0.4 is 5.32 Å². The summed E-state index contributed by atoms with van der Waals surface area (Å²) in [6, 6.07) is 3.42. The molecule has 1 rings (SSSR count). The van der Waals surface area contributed by atoms with E-state index in [1.165, 1.54) is 6.07 Å². The average Bonchev–Trinajstić information content (AvgIpc) is 2.29. The van der Waals surface area contributed by atoms with Crippen molar-refractivity contribution in [3.8, 4) is 0 Å². The Hall–Kier alpha value is -1.43. The van der Waals surface area contributed by atoms with Gasteiger partial charge in [-0.1, -0.05) is 29.8 Å². The number of carbonyl (C=O) groups excluding carboxylic acids is 1. The van der Waals surface area contributed by atoms with Crippen molar-refractivity contribution in [1.82, 2.24) is 0 Å². The Morgan fingerprint density at radius 1 is 1.39 bits per heavy atom. The van der Waals surface area contributed by atoms with Crippen molar-refractivity contribution < 1.29 is 19.1 Å². The fourth-order valence-electron chi connectivity index (χ4n) is 1.28. The van der Waals surface area contributed by atoms with Crippen molar-refractivity contribution in [2.45, 2.75) is 18.7 Å². The number of carboxylic acid groups (broad SMARTS) is 1. The molecule has 0 aliphatic carbocycles. The lowest BCUT2D eigenvalue weighted by Crippen LogP contribution is -2.27. The van der Waals surface area contributed by atoms with Crippen molar-refractivity contribution in [1.29, 1.82) is 0 Å². The number of amides is 1. The van der Waals surface area contributed by atoms with Crippen LogP contribution in [-0.2, 0) is 4.79 Å². The van der Waals surface area contributed by atoms with E-state index >= 15 is 0 Å². The van der Waals surface area contributed by atoms with E-state index < -0.39 is 22.2 Å². The molecule has 0 saturated carbocycles. The molecule has 2 N–H and O–H groups in total. The molecular weight excluding hydrogens is 305 g/mol. The first kappa shape index (κ1) is 14.6. The van der Waals surface area contributed by atoms with Crippen LogP contribution in [0.15, 0.2) is 18.2 Å². The summed E-state index contributed by atoms with van der Waals surface area (Å²) in [4.78, 5) is 22.1. The number of hydrogen-bond acceptors (Lipinski definition) is 2. The summed E-state index contributed by atoms with van der Waals surface area (Å²) in [7, 11) is 0. The lowest BCUT2D eigenvalue weighted by molar-refractivity contribution is -0.116. The van der Waals surface area contributed by atoms with Gasteiger partial charge in [-0.25, -0.2) is 9.18 Å². The zero-order valence-corrected chi connectivity index (χ0v) is 11.5. The Balaban J connectivity index is 2.89. The number of aromatic carboxylic acids is 1. The van der Waals surface area contributed by atoms with Gasteiger partial charge < -0.3 is 10.4 Å². The molecule has 1 amide bonds. The molecular formula is C12H13BrFNO3. The highest BCUT2D eigenvalue weighted by atomic mass is 79.9. The lowest BCUT2D eigenvalue weighted by Gasteiger charge is -2.14. The maximum absolute atomic E-state index is 13.1. The second-order valence-corrected chi connectivity index (χ2v) is 5.12. The molecule has 1 aromatic carbocycles. The van der Waals surface area contributed by atoms with Crippen LogP contribution in [-0.4, -0.2) is 21.8 Å². The zero-order chi connectivity index (χ0) is 13.9. The van der Waals surface area contributed by atoms with Crippen molar-refractivity contribution >= 4 is 33.5 Å². The van der Waals surface area contributed by atoms with Gasteiger partial charge in [0.05, 0.1) is 10.4 Å². The summed E-state index contributed by atoms with van der Waals surface area (Å²) in [6.07, 6.45) is 0. The molecule has 6 heteroatoms. The van der Waals surface area contributed by atoms with Crippen molar-refractivity contribution in [3.63, 3.8) is 0 Å². The van der Waals surface area contributed by atoms with Gasteiger partial charge >= 0.3 is 5.97 Å². The maximum atomic E-state index is 13.1. The Bertz CT molecular complexity index is 476. The SMILES string of the molecule is CC(C)C(Br)C(=O)Nc1ccc(F)c(C(=O)O)c1. The highest BCUT2D eigenvalue weighted by molar-refractivity contribution is 9.10. The number of alkyl halides is 1. The molecule has 1 aromatic rings. The van der Waals surface area contributed by atoms with Crippen LogP contribution in [0, 0.1) is 11.7 Å². The maximum Gasteiger partial charge on any atom is 0.338 e. The second-order valence-electron chi connectivity index (χ2n) is 4.13. The number of hydrogen-bond donors (Lipinski definition) is 2. The lowest BCUT2D eigenvalue weighted by atomic mass is 10.1. The van der Waals surface area contributed by atoms with Crippen LogP contribution >= 0.6 is 15.9 Å². The summed E-state index contributed by atoms with van der Waals surface area (Å²) in [6.45, 7) is 3.73. The van der Waals surface area contributed by atoms with Gasteiger partial charge in [0.25, 0.3) is 0 Å². The average molecular weight is 318 g/mol. The van der Waals surface area contributed by atoms with Crippen LogP contribution in [0.4, 0.5) is 10.1 Å². The van der Waals surface area contributed by atoms with Gasteiger partial charge in [0.2, 0.25) is 5.91 Å². The normalized spacial score (nSPS) is 12.3. The number of carbonyl (C=O) groups is 2.